The lowest BCUT2D eigenvalue weighted by Gasteiger charge is -2.02. The third kappa shape index (κ3) is 2.00. The summed E-state index contributed by atoms with van der Waals surface area (Å²) in [6.45, 7) is 2.04. The van der Waals surface area contributed by atoms with Crippen molar-refractivity contribution in [3.8, 4) is 11.1 Å². The van der Waals surface area contributed by atoms with Gasteiger partial charge in [-0.25, -0.2) is 10.8 Å². The molecule has 6 heteroatoms. The number of anilines is 1. The molecule has 0 aliphatic heterocycles. The number of aromatic nitrogens is 2. The van der Waals surface area contributed by atoms with Gasteiger partial charge in [-0.2, -0.15) is 0 Å². The fourth-order valence-electron chi connectivity index (χ4n) is 1.93. The lowest BCUT2D eigenvalue weighted by molar-refractivity contribution is 1.13. The van der Waals surface area contributed by atoms with E-state index in [1.165, 1.54) is 16.9 Å². The second-order valence-electron chi connectivity index (χ2n) is 4.25. The predicted octanol–water partition coefficient (Wildman–Crippen LogP) is 2.25. The fraction of sp³-hybridized carbons (Fsp3) is 0.0769. The van der Waals surface area contributed by atoms with Crippen molar-refractivity contribution in [2.24, 2.45) is 5.84 Å². The number of hydrogen-bond donors (Lipinski definition) is 3. The highest BCUT2D eigenvalue weighted by molar-refractivity contribution is 7.17. The number of aryl methyl sites for hydroxylation is 1. The van der Waals surface area contributed by atoms with Gasteiger partial charge in [0.25, 0.3) is 5.56 Å². The van der Waals surface area contributed by atoms with Crippen molar-refractivity contribution in [2.45, 2.75) is 6.92 Å². The Hall–Kier alpha value is -2.18. The van der Waals surface area contributed by atoms with Crippen molar-refractivity contribution in [3.05, 3.63) is 45.6 Å². The minimum absolute atomic E-state index is 0.179. The molecule has 0 spiro atoms. The Bertz CT molecular complexity index is 789. The minimum Gasteiger partial charge on any atom is -0.294 e. The smallest absolute Gasteiger partial charge is 0.270 e. The zero-order valence-electron chi connectivity index (χ0n) is 10.2. The van der Waals surface area contributed by atoms with E-state index in [9.17, 15) is 4.79 Å². The van der Waals surface area contributed by atoms with Crippen molar-refractivity contribution >= 4 is 27.5 Å². The van der Waals surface area contributed by atoms with Crippen LogP contribution in [0.4, 0.5) is 5.95 Å². The number of benzene rings is 1. The quantitative estimate of drug-likeness (QED) is 0.493. The van der Waals surface area contributed by atoms with E-state index in [-0.39, 0.29) is 11.5 Å². The molecule has 0 aliphatic rings. The van der Waals surface area contributed by atoms with Crippen LogP contribution >= 0.6 is 11.3 Å². The Kier molecular flexibility index (Phi) is 2.81. The van der Waals surface area contributed by atoms with Gasteiger partial charge in [0.2, 0.25) is 5.95 Å². The summed E-state index contributed by atoms with van der Waals surface area (Å²) in [5.74, 6) is 5.58. The molecule has 0 saturated heterocycles. The summed E-state index contributed by atoms with van der Waals surface area (Å²) >= 11 is 1.38. The molecule has 0 aliphatic carbocycles. The third-order valence-corrected chi connectivity index (χ3v) is 3.89. The number of nitrogen functional groups attached to an aromatic ring is 1. The molecule has 1 aromatic carbocycles. The molecule has 19 heavy (non-hydrogen) atoms. The van der Waals surface area contributed by atoms with Crippen LogP contribution in [0, 0.1) is 6.92 Å². The van der Waals surface area contributed by atoms with Crippen molar-refractivity contribution in [1.29, 1.82) is 0 Å². The number of aromatic amines is 1. The second-order valence-corrected chi connectivity index (χ2v) is 5.13. The molecular formula is C13H12N4OS. The Labute approximate surface area is 113 Å². The number of fused-ring (bicyclic) bond motifs is 1. The molecule has 0 bridgehead atoms. The van der Waals surface area contributed by atoms with Crippen molar-refractivity contribution in [3.63, 3.8) is 0 Å². The first-order chi connectivity index (χ1) is 9.19. The van der Waals surface area contributed by atoms with Crippen LogP contribution < -0.4 is 16.8 Å². The van der Waals surface area contributed by atoms with Gasteiger partial charge < -0.3 is 0 Å². The number of nitrogens with two attached hydrogens (primary N) is 1. The maximum atomic E-state index is 11.9. The standard InChI is InChI=1S/C13H12N4OS/c1-7-2-4-8(5-3-7)9-6-19-11-10(9)15-13(17-14)16-12(11)18/h2-6H,14H2,1H3,(H2,15,16,17,18). The zero-order chi connectivity index (χ0) is 13.4. The van der Waals surface area contributed by atoms with E-state index >= 15 is 0 Å². The van der Waals surface area contributed by atoms with Gasteiger partial charge in [-0.15, -0.1) is 11.3 Å². The first-order valence-electron chi connectivity index (χ1n) is 5.74. The molecule has 0 atom stereocenters. The lowest BCUT2D eigenvalue weighted by atomic mass is 10.1. The molecule has 5 nitrogen and oxygen atoms in total. The van der Waals surface area contributed by atoms with Gasteiger partial charge in [0.1, 0.15) is 4.70 Å². The number of rotatable bonds is 2. The van der Waals surface area contributed by atoms with Gasteiger partial charge >= 0.3 is 0 Å². The summed E-state index contributed by atoms with van der Waals surface area (Å²) in [4.78, 5) is 18.8. The van der Waals surface area contributed by atoms with Gasteiger partial charge in [-0.1, -0.05) is 29.8 Å². The highest BCUT2D eigenvalue weighted by Gasteiger charge is 2.11. The van der Waals surface area contributed by atoms with Gasteiger partial charge in [-0.05, 0) is 12.5 Å². The molecule has 0 saturated carbocycles. The molecule has 0 radical (unpaired) electrons. The molecule has 3 aromatic rings. The monoisotopic (exact) mass is 272 g/mol. The zero-order valence-corrected chi connectivity index (χ0v) is 11.0. The van der Waals surface area contributed by atoms with Crippen molar-refractivity contribution < 1.29 is 0 Å². The molecule has 2 heterocycles. The van der Waals surface area contributed by atoms with Crippen LogP contribution in [0.3, 0.4) is 0 Å². The van der Waals surface area contributed by atoms with Gasteiger partial charge in [-0.3, -0.25) is 15.2 Å². The molecule has 96 valence electrons. The summed E-state index contributed by atoms with van der Waals surface area (Å²) in [7, 11) is 0. The summed E-state index contributed by atoms with van der Waals surface area (Å²) in [5.41, 5.74) is 6.05. The predicted molar refractivity (Wildman–Crippen MR) is 78.2 cm³/mol. The number of hydrazine groups is 1. The highest BCUT2D eigenvalue weighted by atomic mass is 32.1. The van der Waals surface area contributed by atoms with E-state index in [2.05, 4.69) is 15.4 Å². The summed E-state index contributed by atoms with van der Waals surface area (Å²) in [6.07, 6.45) is 0. The van der Waals surface area contributed by atoms with Crippen LogP contribution in [0.25, 0.3) is 21.3 Å². The van der Waals surface area contributed by atoms with E-state index < -0.39 is 0 Å². The average Bonchev–Trinajstić information content (AvgIpc) is 2.84. The molecule has 0 amide bonds. The Morgan fingerprint density at radius 3 is 2.74 bits per heavy atom. The number of thiophene rings is 1. The van der Waals surface area contributed by atoms with Crippen molar-refractivity contribution in [1.82, 2.24) is 9.97 Å². The maximum Gasteiger partial charge on any atom is 0.270 e. The second kappa shape index (κ2) is 4.49. The van der Waals surface area contributed by atoms with Crippen LogP contribution in [-0.2, 0) is 0 Å². The molecule has 0 unspecified atom stereocenters. The minimum atomic E-state index is -0.179. The van der Waals surface area contributed by atoms with Gasteiger partial charge in [0.05, 0.1) is 5.52 Å². The maximum absolute atomic E-state index is 11.9. The van der Waals surface area contributed by atoms with Crippen LogP contribution in [-0.4, -0.2) is 9.97 Å². The largest absolute Gasteiger partial charge is 0.294 e. The average molecular weight is 272 g/mol. The Balaban J connectivity index is 2.27. The van der Waals surface area contributed by atoms with E-state index in [0.29, 0.717) is 10.2 Å². The number of H-pyrrole nitrogens is 1. The highest BCUT2D eigenvalue weighted by Crippen LogP contribution is 2.31. The van der Waals surface area contributed by atoms with E-state index in [4.69, 9.17) is 5.84 Å². The summed E-state index contributed by atoms with van der Waals surface area (Å²) in [6, 6.07) is 8.12. The number of hydrogen-bond acceptors (Lipinski definition) is 5. The molecule has 4 N–H and O–H groups in total. The van der Waals surface area contributed by atoms with Crippen LogP contribution in [0.1, 0.15) is 5.56 Å². The number of nitrogens with zero attached hydrogens (tertiary/aromatic N) is 1. The van der Waals surface area contributed by atoms with E-state index in [0.717, 1.165) is 11.1 Å². The molecule has 3 rings (SSSR count). The van der Waals surface area contributed by atoms with Crippen molar-refractivity contribution in [2.75, 3.05) is 5.43 Å². The topological polar surface area (TPSA) is 83.8 Å². The molecule has 0 fully saturated rings. The van der Waals surface area contributed by atoms with Gasteiger partial charge in [0, 0.05) is 10.9 Å². The first-order valence-corrected chi connectivity index (χ1v) is 6.62. The van der Waals surface area contributed by atoms with E-state index in [1.807, 2.05) is 36.6 Å². The molecule has 2 aromatic heterocycles. The van der Waals surface area contributed by atoms with Crippen LogP contribution in [0.5, 0.6) is 0 Å². The van der Waals surface area contributed by atoms with Gasteiger partial charge in [0.15, 0.2) is 0 Å². The summed E-state index contributed by atoms with van der Waals surface area (Å²) in [5, 5.41) is 1.94. The summed E-state index contributed by atoms with van der Waals surface area (Å²) < 4.78 is 0.606. The molecular weight excluding hydrogens is 260 g/mol. The Morgan fingerprint density at radius 2 is 2.05 bits per heavy atom. The van der Waals surface area contributed by atoms with Crippen LogP contribution in [0.2, 0.25) is 0 Å². The third-order valence-electron chi connectivity index (χ3n) is 2.93. The number of nitrogens with one attached hydrogen (secondary N) is 2. The first kappa shape index (κ1) is 11.9. The fourth-order valence-corrected chi connectivity index (χ4v) is 2.84. The lowest BCUT2D eigenvalue weighted by Crippen LogP contribution is -2.16. The Morgan fingerprint density at radius 1 is 1.32 bits per heavy atom. The van der Waals surface area contributed by atoms with E-state index in [1.54, 1.807) is 0 Å². The normalized spacial score (nSPS) is 10.8. The van der Waals surface area contributed by atoms with Crippen LogP contribution in [0.15, 0.2) is 34.4 Å². The SMILES string of the molecule is Cc1ccc(-c2csc3c(=O)[nH]c(NN)nc23)cc1.